The van der Waals surface area contributed by atoms with E-state index in [0.29, 0.717) is 12.0 Å². The summed E-state index contributed by atoms with van der Waals surface area (Å²) in [6.45, 7) is 6.99. The van der Waals surface area contributed by atoms with E-state index in [2.05, 4.69) is 0 Å². The summed E-state index contributed by atoms with van der Waals surface area (Å²) in [7, 11) is 1.49. The maximum Gasteiger partial charge on any atom is 0.181 e. The Bertz CT molecular complexity index is 634. The third-order valence-electron chi connectivity index (χ3n) is 4.36. The number of phenols is 1. The van der Waals surface area contributed by atoms with Gasteiger partial charge in [-0.05, 0) is 50.5 Å². The van der Waals surface area contributed by atoms with Crippen LogP contribution < -0.4 is 0 Å². The van der Waals surface area contributed by atoms with Crippen LogP contribution in [-0.2, 0) is 25.5 Å². The van der Waals surface area contributed by atoms with Gasteiger partial charge < -0.3 is 14.6 Å². The fourth-order valence-corrected chi connectivity index (χ4v) is 3.27. The topological polar surface area (TPSA) is 72.8 Å². The van der Waals surface area contributed by atoms with Crippen LogP contribution in [0.25, 0.3) is 0 Å². The van der Waals surface area contributed by atoms with E-state index in [1.807, 2.05) is 6.92 Å². The second kappa shape index (κ2) is 6.06. The van der Waals surface area contributed by atoms with Crippen molar-refractivity contribution >= 4 is 11.6 Å². The van der Waals surface area contributed by atoms with E-state index in [-0.39, 0.29) is 23.9 Å². The van der Waals surface area contributed by atoms with Crippen LogP contribution >= 0.6 is 0 Å². The molecule has 1 aliphatic heterocycles. The highest BCUT2D eigenvalue weighted by atomic mass is 16.6. The van der Waals surface area contributed by atoms with E-state index >= 15 is 0 Å². The number of hydrogen-bond donors (Lipinski definition) is 1. The van der Waals surface area contributed by atoms with Crippen LogP contribution in [0.5, 0.6) is 5.75 Å². The van der Waals surface area contributed by atoms with Gasteiger partial charge in [-0.3, -0.25) is 9.59 Å². The van der Waals surface area contributed by atoms with Crippen LogP contribution in [0.3, 0.4) is 0 Å². The minimum Gasteiger partial charge on any atom is -0.508 e. The number of aryl methyl sites for hydroxylation is 1. The van der Waals surface area contributed by atoms with Gasteiger partial charge in [0.15, 0.2) is 11.6 Å². The molecule has 1 aromatic rings. The highest BCUT2D eigenvalue weighted by Crippen LogP contribution is 2.40. The smallest absolute Gasteiger partial charge is 0.181 e. The van der Waals surface area contributed by atoms with Crippen molar-refractivity contribution in [1.29, 1.82) is 0 Å². The lowest BCUT2D eigenvalue weighted by Crippen LogP contribution is -2.61. The molecule has 5 heteroatoms. The third-order valence-corrected chi connectivity index (χ3v) is 4.36. The molecule has 0 spiro atoms. The maximum absolute atomic E-state index is 13.0. The fourth-order valence-electron chi connectivity index (χ4n) is 3.27. The average molecular weight is 320 g/mol. The summed E-state index contributed by atoms with van der Waals surface area (Å²) >= 11 is 0. The van der Waals surface area contributed by atoms with Gasteiger partial charge in [-0.15, -0.1) is 0 Å². The molecular weight excluding hydrogens is 296 g/mol. The Hall–Kier alpha value is -1.72. The van der Waals surface area contributed by atoms with Crippen LogP contribution in [0.4, 0.5) is 0 Å². The van der Waals surface area contributed by atoms with E-state index in [1.165, 1.54) is 13.2 Å². The van der Waals surface area contributed by atoms with E-state index in [9.17, 15) is 14.7 Å². The predicted molar refractivity (Wildman–Crippen MR) is 85.7 cm³/mol. The van der Waals surface area contributed by atoms with Gasteiger partial charge >= 0.3 is 0 Å². The number of phenolic OH excluding ortho intramolecular Hbond substituents is 1. The Kier molecular flexibility index (Phi) is 4.64. The van der Waals surface area contributed by atoms with Crippen molar-refractivity contribution in [2.24, 2.45) is 0 Å². The maximum atomic E-state index is 13.0. The quantitative estimate of drug-likeness (QED) is 0.862. The Morgan fingerprint density at radius 2 is 1.87 bits per heavy atom. The lowest BCUT2D eigenvalue weighted by atomic mass is 9.73. The first kappa shape index (κ1) is 17.6. The minimum atomic E-state index is -1.20. The number of Topliss-reactive ketones (excluding diaryl/α,β-unsaturated/α-hetero) is 2. The van der Waals surface area contributed by atoms with Gasteiger partial charge in [-0.1, -0.05) is 13.0 Å². The molecule has 2 atom stereocenters. The molecule has 2 rings (SSSR count). The van der Waals surface area contributed by atoms with Crippen LogP contribution in [0.1, 0.15) is 44.7 Å². The van der Waals surface area contributed by atoms with E-state index < -0.39 is 17.1 Å². The first-order valence-corrected chi connectivity index (χ1v) is 7.76. The van der Waals surface area contributed by atoms with Crippen molar-refractivity contribution in [3.05, 3.63) is 29.3 Å². The first-order chi connectivity index (χ1) is 10.7. The van der Waals surface area contributed by atoms with Gasteiger partial charge in [0.1, 0.15) is 22.9 Å². The number of methoxy groups -OCH3 is 1. The normalized spacial score (nSPS) is 27.3. The highest BCUT2D eigenvalue weighted by Gasteiger charge is 2.55. The molecule has 1 saturated heterocycles. The minimum absolute atomic E-state index is 0.0375. The molecule has 126 valence electrons. The average Bonchev–Trinajstić information content (AvgIpc) is 2.46. The fraction of sp³-hybridized carbons (Fsp3) is 0.556. The summed E-state index contributed by atoms with van der Waals surface area (Å²) in [6.07, 6.45) is 0.662. The molecule has 5 nitrogen and oxygen atoms in total. The summed E-state index contributed by atoms with van der Waals surface area (Å²) in [5, 5.41) is 9.82. The molecule has 0 amide bonds. The van der Waals surface area contributed by atoms with Gasteiger partial charge in [0.25, 0.3) is 0 Å². The van der Waals surface area contributed by atoms with E-state index in [1.54, 1.807) is 32.9 Å². The SMILES string of the molecule is CCc1ccc(O)cc1C1C(=O)C(C)(C)OC(C)(COC)C1=O. The van der Waals surface area contributed by atoms with Crippen molar-refractivity contribution in [1.82, 2.24) is 0 Å². The van der Waals surface area contributed by atoms with Gasteiger partial charge in [-0.2, -0.15) is 0 Å². The van der Waals surface area contributed by atoms with Gasteiger partial charge in [-0.25, -0.2) is 0 Å². The van der Waals surface area contributed by atoms with Gasteiger partial charge in [0.05, 0.1) is 6.61 Å². The molecule has 0 radical (unpaired) electrons. The number of ether oxygens (including phenoxy) is 2. The van der Waals surface area contributed by atoms with Gasteiger partial charge in [0, 0.05) is 7.11 Å². The number of aromatic hydroxyl groups is 1. The number of hydrogen-bond acceptors (Lipinski definition) is 5. The monoisotopic (exact) mass is 320 g/mol. The zero-order valence-corrected chi connectivity index (χ0v) is 14.3. The first-order valence-electron chi connectivity index (χ1n) is 7.76. The molecule has 1 aromatic carbocycles. The summed E-state index contributed by atoms with van der Waals surface area (Å²) in [6, 6.07) is 4.82. The summed E-state index contributed by atoms with van der Waals surface area (Å²) in [5.74, 6) is -1.54. The lowest BCUT2D eigenvalue weighted by molar-refractivity contribution is -0.195. The lowest BCUT2D eigenvalue weighted by Gasteiger charge is -2.44. The molecule has 0 aromatic heterocycles. The molecule has 23 heavy (non-hydrogen) atoms. The number of rotatable bonds is 4. The van der Waals surface area contributed by atoms with Crippen LogP contribution in [0, 0.1) is 0 Å². The molecule has 1 heterocycles. The number of ketones is 2. The van der Waals surface area contributed by atoms with Crippen LogP contribution in [-0.4, -0.2) is 41.6 Å². The highest BCUT2D eigenvalue weighted by molar-refractivity contribution is 6.15. The van der Waals surface area contributed by atoms with Crippen molar-refractivity contribution in [3.63, 3.8) is 0 Å². The van der Waals surface area contributed by atoms with Crippen molar-refractivity contribution in [3.8, 4) is 5.75 Å². The molecule has 1 fully saturated rings. The summed E-state index contributed by atoms with van der Waals surface area (Å²) in [4.78, 5) is 25.9. The molecule has 0 bridgehead atoms. The van der Waals surface area contributed by atoms with Crippen LogP contribution in [0.2, 0.25) is 0 Å². The van der Waals surface area contributed by atoms with E-state index in [0.717, 1.165) is 5.56 Å². The Morgan fingerprint density at radius 3 is 2.43 bits per heavy atom. The van der Waals surface area contributed by atoms with Crippen molar-refractivity contribution in [2.75, 3.05) is 13.7 Å². The largest absolute Gasteiger partial charge is 0.508 e. The number of carbonyl (C=O) groups is 2. The zero-order valence-electron chi connectivity index (χ0n) is 14.3. The van der Waals surface area contributed by atoms with Crippen LogP contribution in [0.15, 0.2) is 18.2 Å². The van der Waals surface area contributed by atoms with E-state index in [4.69, 9.17) is 9.47 Å². The number of benzene rings is 1. The molecular formula is C18H24O5. The van der Waals surface area contributed by atoms with Gasteiger partial charge in [0.2, 0.25) is 0 Å². The zero-order chi connectivity index (χ0) is 17.4. The molecule has 1 N–H and O–H groups in total. The Morgan fingerprint density at radius 1 is 1.22 bits per heavy atom. The second-order valence-electron chi connectivity index (χ2n) is 6.67. The Balaban J connectivity index is 2.61. The Labute approximate surface area is 136 Å². The molecule has 0 saturated carbocycles. The molecule has 1 aliphatic rings. The summed E-state index contributed by atoms with van der Waals surface area (Å²) < 4.78 is 10.9. The number of carbonyl (C=O) groups excluding carboxylic acids is 2. The second-order valence-corrected chi connectivity index (χ2v) is 6.67. The van der Waals surface area contributed by atoms with Crippen molar-refractivity contribution in [2.45, 2.75) is 51.2 Å². The third kappa shape index (κ3) is 3.03. The molecule has 0 aliphatic carbocycles. The van der Waals surface area contributed by atoms with Crippen molar-refractivity contribution < 1.29 is 24.2 Å². The predicted octanol–water partition coefficient (Wildman–Crippen LogP) is 2.39. The molecule has 2 unspecified atom stereocenters. The standard InChI is InChI=1S/C18H24O5/c1-6-11-7-8-12(19)9-13(11)14-15(20)17(2,3)23-18(4,10-22-5)16(14)21/h7-9,14,19H,6,10H2,1-5H3. The summed E-state index contributed by atoms with van der Waals surface area (Å²) in [5.41, 5.74) is -0.886.